The van der Waals surface area contributed by atoms with E-state index in [-0.39, 0.29) is 33.0 Å². The predicted molar refractivity (Wildman–Crippen MR) is 113 cm³/mol. The van der Waals surface area contributed by atoms with E-state index in [1.54, 1.807) is 37.3 Å². The number of aryl methyl sites for hydroxylation is 1. The van der Waals surface area contributed by atoms with Crippen LogP contribution >= 0.6 is 11.3 Å². The van der Waals surface area contributed by atoms with Crippen molar-refractivity contribution >= 4 is 42.8 Å². The van der Waals surface area contributed by atoms with Gasteiger partial charge in [0, 0.05) is 18.0 Å². The monoisotopic (exact) mass is 456 g/mol. The Bertz CT molecular complexity index is 1110. The lowest BCUT2D eigenvalue weighted by Crippen LogP contribution is -2.43. The van der Waals surface area contributed by atoms with Crippen LogP contribution < -0.4 is 5.32 Å². The molecule has 1 N–H and O–H groups in total. The Morgan fingerprint density at radius 1 is 1.17 bits per heavy atom. The molecule has 10 heteroatoms. The Morgan fingerprint density at radius 2 is 1.90 bits per heavy atom. The molecule has 1 fully saturated rings. The molecule has 7 nitrogen and oxygen atoms in total. The van der Waals surface area contributed by atoms with E-state index in [0.29, 0.717) is 19.4 Å². The lowest BCUT2D eigenvalue weighted by molar-refractivity contribution is -0.120. The highest BCUT2D eigenvalue weighted by atomic mass is 32.2. The van der Waals surface area contributed by atoms with Gasteiger partial charge in [0.05, 0.1) is 22.3 Å². The molecule has 1 unspecified atom stereocenters. The molecule has 1 atom stereocenters. The molecule has 0 spiro atoms. The summed E-state index contributed by atoms with van der Waals surface area (Å²) in [4.78, 5) is 13.8. The van der Waals surface area contributed by atoms with Gasteiger partial charge < -0.3 is 5.32 Å². The number of piperidine rings is 1. The molecule has 1 aliphatic heterocycles. The Labute approximate surface area is 175 Å². The van der Waals surface area contributed by atoms with Crippen LogP contribution in [0.25, 0.3) is 0 Å². The van der Waals surface area contributed by atoms with Gasteiger partial charge in [0.1, 0.15) is 4.21 Å². The summed E-state index contributed by atoms with van der Waals surface area (Å²) >= 11 is 1.21. The molecule has 1 aromatic carbocycles. The van der Waals surface area contributed by atoms with E-state index in [0.717, 1.165) is 4.88 Å². The molecule has 1 amide bonds. The van der Waals surface area contributed by atoms with Gasteiger partial charge in [-0.25, -0.2) is 16.8 Å². The third kappa shape index (κ3) is 4.71. The number of para-hydroxylation sites is 1. The fourth-order valence-corrected chi connectivity index (χ4v) is 7.30. The van der Waals surface area contributed by atoms with Crippen molar-refractivity contribution in [3.05, 3.63) is 41.3 Å². The van der Waals surface area contributed by atoms with Crippen LogP contribution in [-0.4, -0.2) is 45.9 Å². The number of hydrogen-bond acceptors (Lipinski definition) is 6. The molecule has 0 aliphatic carbocycles. The van der Waals surface area contributed by atoms with Crippen molar-refractivity contribution in [2.24, 2.45) is 5.92 Å². The second-order valence-electron chi connectivity index (χ2n) is 6.96. The van der Waals surface area contributed by atoms with Gasteiger partial charge in [0.2, 0.25) is 5.91 Å². The van der Waals surface area contributed by atoms with Gasteiger partial charge in [-0.1, -0.05) is 19.1 Å². The van der Waals surface area contributed by atoms with Crippen molar-refractivity contribution in [2.45, 2.75) is 35.8 Å². The van der Waals surface area contributed by atoms with E-state index >= 15 is 0 Å². The second kappa shape index (κ2) is 8.55. The van der Waals surface area contributed by atoms with Gasteiger partial charge in [-0.05, 0) is 44.0 Å². The van der Waals surface area contributed by atoms with E-state index in [1.807, 2.05) is 6.92 Å². The Balaban J connectivity index is 1.78. The number of sulfone groups is 1. The summed E-state index contributed by atoms with van der Waals surface area (Å²) in [7, 11) is -7.13. The zero-order valence-corrected chi connectivity index (χ0v) is 18.7. The number of carbonyl (C=O) groups excluding carboxylic acids is 1. The van der Waals surface area contributed by atoms with Crippen LogP contribution in [0.2, 0.25) is 0 Å². The van der Waals surface area contributed by atoms with Crippen LogP contribution in [0.3, 0.4) is 0 Å². The van der Waals surface area contributed by atoms with Gasteiger partial charge >= 0.3 is 0 Å². The Hall–Kier alpha value is -1.75. The van der Waals surface area contributed by atoms with Gasteiger partial charge in [0.25, 0.3) is 10.0 Å². The fourth-order valence-electron chi connectivity index (χ4n) is 3.28. The molecule has 2 aromatic rings. The number of thiophene rings is 1. The Morgan fingerprint density at radius 3 is 2.55 bits per heavy atom. The third-order valence-corrected chi connectivity index (χ3v) is 10.0. The molecule has 29 heavy (non-hydrogen) atoms. The molecule has 3 rings (SSSR count). The van der Waals surface area contributed by atoms with Crippen LogP contribution in [0.5, 0.6) is 0 Å². The third-order valence-electron chi connectivity index (χ3n) is 4.92. The van der Waals surface area contributed by atoms with Gasteiger partial charge in [-0.15, -0.1) is 11.3 Å². The molecule has 0 saturated carbocycles. The van der Waals surface area contributed by atoms with Crippen LogP contribution in [0.15, 0.2) is 45.5 Å². The minimum Gasteiger partial charge on any atom is -0.325 e. The largest absolute Gasteiger partial charge is 0.325 e. The van der Waals surface area contributed by atoms with Crippen LogP contribution in [0.4, 0.5) is 5.69 Å². The number of benzene rings is 1. The molecular formula is C19H24N2O5S3. The number of nitrogens with one attached hydrogen (secondary N) is 1. The van der Waals surface area contributed by atoms with Gasteiger partial charge in [-0.3, -0.25) is 4.79 Å². The first-order valence-electron chi connectivity index (χ1n) is 9.34. The molecule has 1 saturated heterocycles. The second-order valence-corrected chi connectivity index (χ2v) is 12.7. The standard InChI is InChI=1S/C19H24N2O5S3/c1-3-28(23,24)17-9-5-4-8-16(17)20-19(22)15-7-6-12-21(13-15)29(25,26)18-11-10-14(2)27-18/h4-5,8-11,15H,3,6-7,12-13H2,1-2H3,(H,20,22). The zero-order chi connectivity index (χ0) is 21.2. The van der Waals surface area contributed by atoms with Gasteiger partial charge in [0.15, 0.2) is 9.84 Å². The molecule has 1 aliphatic rings. The van der Waals surface area contributed by atoms with Crippen LogP contribution in [-0.2, 0) is 24.7 Å². The average molecular weight is 457 g/mol. The smallest absolute Gasteiger partial charge is 0.252 e. The van der Waals surface area contributed by atoms with Crippen molar-refractivity contribution in [3.8, 4) is 0 Å². The van der Waals surface area contributed by atoms with Gasteiger partial charge in [-0.2, -0.15) is 4.31 Å². The summed E-state index contributed by atoms with van der Waals surface area (Å²) in [5.41, 5.74) is 0.230. The van der Waals surface area contributed by atoms with E-state index in [2.05, 4.69) is 5.32 Å². The fraction of sp³-hybridized carbons (Fsp3) is 0.421. The maximum Gasteiger partial charge on any atom is 0.252 e. The topological polar surface area (TPSA) is 101 Å². The number of carbonyl (C=O) groups is 1. The van der Waals surface area contributed by atoms with E-state index in [9.17, 15) is 21.6 Å². The number of nitrogens with zero attached hydrogens (tertiary/aromatic N) is 1. The minimum atomic E-state index is -3.64. The molecule has 2 heterocycles. The summed E-state index contributed by atoms with van der Waals surface area (Å²) in [6.07, 6.45) is 1.11. The van der Waals surface area contributed by atoms with Crippen molar-refractivity contribution in [2.75, 3.05) is 24.2 Å². The average Bonchev–Trinajstić information content (AvgIpc) is 3.15. The van der Waals surface area contributed by atoms with Crippen molar-refractivity contribution in [1.82, 2.24) is 4.31 Å². The highest BCUT2D eigenvalue weighted by molar-refractivity contribution is 7.91. The lowest BCUT2D eigenvalue weighted by Gasteiger charge is -2.31. The quantitative estimate of drug-likeness (QED) is 0.720. The first-order chi connectivity index (χ1) is 13.6. The van der Waals surface area contributed by atoms with E-state index in [1.165, 1.54) is 21.7 Å². The van der Waals surface area contributed by atoms with Crippen molar-refractivity contribution in [3.63, 3.8) is 0 Å². The molecule has 158 valence electrons. The van der Waals surface area contributed by atoms with E-state index < -0.39 is 25.8 Å². The summed E-state index contributed by atoms with van der Waals surface area (Å²) in [6, 6.07) is 9.62. The summed E-state index contributed by atoms with van der Waals surface area (Å²) in [6.45, 7) is 3.83. The van der Waals surface area contributed by atoms with E-state index in [4.69, 9.17) is 0 Å². The first-order valence-corrected chi connectivity index (χ1v) is 13.3. The number of amides is 1. The lowest BCUT2D eigenvalue weighted by atomic mass is 9.99. The highest BCUT2D eigenvalue weighted by Crippen LogP contribution is 2.29. The maximum atomic E-state index is 12.9. The Kier molecular flexibility index (Phi) is 6.47. The number of rotatable bonds is 6. The van der Waals surface area contributed by atoms with Crippen molar-refractivity contribution in [1.29, 1.82) is 0 Å². The number of anilines is 1. The number of hydrogen-bond donors (Lipinski definition) is 1. The van der Waals surface area contributed by atoms with Crippen molar-refractivity contribution < 1.29 is 21.6 Å². The summed E-state index contributed by atoms with van der Waals surface area (Å²) in [5.74, 6) is -0.988. The molecular weight excluding hydrogens is 432 g/mol. The normalized spacial score (nSPS) is 18.5. The summed E-state index contributed by atoms with van der Waals surface area (Å²) < 4.78 is 51.9. The first kappa shape index (κ1) is 21.9. The molecule has 1 aromatic heterocycles. The minimum absolute atomic E-state index is 0.0738. The highest BCUT2D eigenvalue weighted by Gasteiger charge is 2.34. The maximum absolute atomic E-state index is 12.9. The number of sulfonamides is 1. The predicted octanol–water partition coefficient (Wildman–Crippen LogP) is 2.89. The SMILES string of the molecule is CCS(=O)(=O)c1ccccc1NC(=O)C1CCCN(S(=O)(=O)c2ccc(C)s2)C1. The molecule has 0 radical (unpaired) electrons. The zero-order valence-electron chi connectivity index (χ0n) is 16.3. The summed E-state index contributed by atoms with van der Waals surface area (Å²) in [5, 5.41) is 2.70. The van der Waals surface area contributed by atoms with Crippen LogP contribution in [0, 0.1) is 12.8 Å². The van der Waals surface area contributed by atoms with Crippen LogP contribution in [0.1, 0.15) is 24.6 Å². The molecule has 0 bridgehead atoms.